The summed E-state index contributed by atoms with van der Waals surface area (Å²) in [5.74, 6) is -2.21. The average molecular weight is 346 g/mol. The predicted octanol–water partition coefficient (Wildman–Crippen LogP) is 2.68. The molecule has 0 saturated heterocycles. The molecule has 1 aromatic rings. The highest BCUT2D eigenvalue weighted by Gasteiger charge is 2.50. The molecular weight excluding hydrogens is 332 g/mol. The van der Waals surface area contributed by atoms with Crippen LogP contribution < -0.4 is 5.32 Å². The van der Waals surface area contributed by atoms with Gasteiger partial charge in [-0.3, -0.25) is 4.79 Å². The van der Waals surface area contributed by atoms with Crippen molar-refractivity contribution in [2.24, 2.45) is 0 Å². The van der Waals surface area contributed by atoms with E-state index in [1.54, 1.807) is 0 Å². The van der Waals surface area contributed by atoms with Gasteiger partial charge in [-0.25, -0.2) is 9.18 Å². The molecule has 2 atom stereocenters. The minimum atomic E-state index is -4.62. The molecule has 1 rings (SSSR count). The van der Waals surface area contributed by atoms with Crippen LogP contribution in [-0.4, -0.2) is 24.0 Å². The van der Waals surface area contributed by atoms with E-state index in [1.807, 2.05) is 5.32 Å². The molecular formula is C15H14F4N2O3. The summed E-state index contributed by atoms with van der Waals surface area (Å²) < 4.78 is 57.1. The number of hydrogen-bond acceptors (Lipinski definition) is 4. The van der Waals surface area contributed by atoms with E-state index in [-0.39, 0.29) is 12.2 Å². The molecule has 1 aromatic carbocycles. The minimum absolute atomic E-state index is 0.179. The predicted molar refractivity (Wildman–Crippen MR) is 74.1 cm³/mol. The molecule has 0 bridgehead atoms. The molecule has 0 fully saturated rings. The third-order valence-corrected chi connectivity index (χ3v) is 3.06. The quantitative estimate of drug-likeness (QED) is 0.657. The number of carbonyl (C=O) groups excluding carboxylic acids is 2. The first-order valence-corrected chi connectivity index (χ1v) is 6.77. The second kappa shape index (κ2) is 7.29. The van der Waals surface area contributed by atoms with Gasteiger partial charge < -0.3 is 10.1 Å². The number of nitrogens with zero attached hydrogens (tertiary/aromatic N) is 1. The van der Waals surface area contributed by atoms with Crippen molar-refractivity contribution in [1.82, 2.24) is 5.32 Å². The topological polar surface area (TPSA) is 79.2 Å². The molecule has 0 spiro atoms. The van der Waals surface area contributed by atoms with Crippen molar-refractivity contribution in [3.05, 3.63) is 35.4 Å². The number of hydrogen-bond donors (Lipinski definition) is 1. The third-order valence-electron chi connectivity index (χ3n) is 3.06. The Morgan fingerprint density at radius 2 is 1.83 bits per heavy atom. The molecule has 0 saturated carbocycles. The van der Waals surface area contributed by atoms with Gasteiger partial charge in [-0.2, -0.15) is 18.4 Å². The lowest BCUT2D eigenvalue weighted by atomic mass is 9.89. The van der Waals surface area contributed by atoms with E-state index in [4.69, 9.17) is 0 Å². The maximum absolute atomic E-state index is 14.8. The number of rotatable bonds is 5. The molecule has 0 heterocycles. The lowest BCUT2D eigenvalue weighted by Gasteiger charge is -2.28. The standard InChI is InChI=1S/C15H14F4N2O3/c1-3-24-13(23)14(8-20,21-9(2)22)12(16)10-4-6-11(7-5-10)15(17,18)19/h4-7,12H,3H2,1-2H3,(H,21,22). The van der Waals surface area contributed by atoms with Crippen LogP contribution in [0.2, 0.25) is 0 Å². The first-order chi connectivity index (χ1) is 11.1. The summed E-state index contributed by atoms with van der Waals surface area (Å²) in [5.41, 5.74) is -4.09. The normalized spacial score (nSPS) is 14.9. The van der Waals surface area contributed by atoms with Crippen LogP contribution in [0, 0.1) is 11.3 Å². The van der Waals surface area contributed by atoms with Crippen molar-refractivity contribution in [2.45, 2.75) is 31.7 Å². The maximum Gasteiger partial charge on any atom is 0.416 e. The number of amides is 1. The zero-order valence-corrected chi connectivity index (χ0v) is 12.8. The summed E-state index contributed by atoms with van der Waals surface area (Å²) in [6, 6.07) is 4.18. The largest absolute Gasteiger partial charge is 0.463 e. The van der Waals surface area contributed by atoms with Gasteiger partial charge in [0.2, 0.25) is 5.91 Å². The Morgan fingerprint density at radius 3 is 2.21 bits per heavy atom. The molecule has 5 nitrogen and oxygen atoms in total. The first-order valence-electron chi connectivity index (χ1n) is 6.77. The first kappa shape index (κ1) is 19.4. The fraction of sp³-hybridized carbons (Fsp3) is 0.400. The number of ether oxygens (including phenoxy) is 1. The van der Waals surface area contributed by atoms with Gasteiger partial charge in [0, 0.05) is 6.92 Å². The van der Waals surface area contributed by atoms with Crippen LogP contribution in [0.15, 0.2) is 24.3 Å². The second-order valence-electron chi connectivity index (χ2n) is 4.80. The zero-order valence-electron chi connectivity index (χ0n) is 12.8. The number of alkyl halides is 4. The Labute approximate surface area is 135 Å². The van der Waals surface area contributed by atoms with E-state index in [0.717, 1.165) is 19.1 Å². The van der Waals surface area contributed by atoms with Gasteiger partial charge in [0.25, 0.3) is 5.54 Å². The molecule has 0 aliphatic carbocycles. The molecule has 0 aliphatic rings. The number of esters is 1. The van der Waals surface area contributed by atoms with Crippen LogP contribution in [0.1, 0.15) is 31.1 Å². The Balaban J connectivity index is 3.30. The smallest absolute Gasteiger partial charge is 0.416 e. The Bertz CT molecular complexity index is 652. The van der Waals surface area contributed by atoms with Crippen molar-refractivity contribution in [1.29, 1.82) is 5.26 Å². The van der Waals surface area contributed by atoms with Gasteiger partial charge >= 0.3 is 12.1 Å². The number of nitrogens with one attached hydrogen (secondary N) is 1. The summed E-state index contributed by atoms with van der Waals surface area (Å²) in [6.45, 7) is 2.20. The zero-order chi connectivity index (χ0) is 18.5. The highest BCUT2D eigenvalue weighted by Crippen LogP contribution is 2.34. The van der Waals surface area contributed by atoms with Gasteiger partial charge in [-0.15, -0.1) is 0 Å². The molecule has 0 aliphatic heterocycles. The van der Waals surface area contributed by atoms with Gasteiger partial charge in [0.1, 0.15) is 6.07 Å². The summed E-state index contributed by atoms with van der Waals surface area (Å²) >= 11 is 0. The fourth-order valence-corrected chi connectivity index (χ4v) is 1.96. The summed E-state index contributed by atoms with van der Waals surface area (Å²) in [6.07, 6.45) is -7.04. The Morgan fingerprint density at radius 1 is 1.29 bits per heavy atom. The third kappa shape index (κ3) is 4.01. The molecule has 24 heavy (non-hydrogen) atoms. The van der Waals surface area contributed by atoms with Crippen molar-refractivity contribution in [3.63, 3.8) is 0 Å². The number of halogens is 4. The van der Waals surface area contributed by atoms with E-state index in [0.29, 0.717) is 12.1 Å². The molecule has 2 unspecified atom stereocenters. The molecule has 1 N–H and O–H groups in total. The van der Waals surface area contributed by atoms with Gasteiger partial charge in [-0.1, -0.05) is 12.1 Å². The Hall–Kier alpha value is -2.63. The fourth-order valence-electron chi connectivity index (χ4n) is 1.96. The van der Waals surface area contributed by atoms with E-state index in [1.165, 1.54) is 13.0 Å². The van der Waals surface area contributed by atoms with Gasteiger partial charge in [-0.05, 0) is 24.6 Å². The molecule has 1 amide bonds. The molecule has 0 radical (unpaired) electrons. The van der Waals surface area contributed by atoms with Gasteiger partial charge in [0.05, 0.1) is 12.2 Å². The van der Waals surface area contributed by atoms with Gasteiger partial charge in [0.15, 0.2) is 6.17 Å². The van der Waals surface area contributed by atoms with Crippen LogP contribution in [0.3, 0.4) is 0 Å². The maximum atomic E-state index is 14.8. The number of benzene rings is 1. The SMILES string of the molecule is CCOC(=O)C(C#N)(NC(C)=O)C(F)c1ccc(C(F)(F)F)cc1. The molecule has 130 valence electrons. The second-order valence-corrected chi connectivity index (χ2v) is 4.80. The van der Waals surface area contributed by atoms with Crippen molar-refractivity contribution in [2.75, 3.05) is 6.61 Å². The Kier molecular flexibility index (Phi) is 5.90. The summed E-state index contributed by atoms with van der Waals surface area (Å²) in [4.78, 5) is 23.3. The monoisotopic (exact) mass is 346 g/mol. The van der Waals surface area contributed by atoms with E-state index >= 15 is 0 Å². The molecule has 9 heteroatoms. The minimum Gasteiger partial charge on any atom is -0.463 e. The number of carbonyl (C=O) groups is 2. The highest BCUT2D eigenvalue weighted by molar-refractivity contribution is 5.91. The lowest BCUT2D eigenvalue weighted by molar-refractivity contribution is -0.153. The van der Waals surface area contributed by atoms with Crippen LogP contribution in [0.5, 0.6) is 0 Å². The van der Waals surface area contributed by atoms with E-state index in [2.05, 4.69) is 4.74 Å². The van der Waals surface area contributed by atoms with E-state index < -0.39 is 35.3 Å². The summed E-state index contributed by atoms with van der Waals surface area (Å²) in [5, 5.41) is 11.2. The molecule has 0 aromatic heterocycles. The highest BCUT2D eigenvalue weighted by atomic mass is 19.4. The summed E-state index contributed by atoms with van der Waals surface area (Å²) in [7, 11) is 0. The van der Waals surface area contributed by atoms with Crippen LogP contribution in [0.4, 0.5) is 17.6 Å². The van der Waals surface area contributed by atoms with Crippen molar-refractivity contribution < 1.29 is 31.9 Å². The van der Waals surface area contributed by atoms with Crippen LogP contribution in [0.25, 0.3) is 0 Å². The van der Waals surface area contributed by atoms with E-state index in [9.17, 15) is 32.4 Å². The van der Waals surface area contributed by atoms with Crippen molar-refractivity contribution in [3.8, 4) is 6.07 Å². The van der Waals surface area contributed by atoms with Crippen LogP contribution in [-0.2, 0) is 20.5 Å². The lowest BCUT2D eigenvalue weighted by Crippen LogP contribution is -2.56. The van der Waals surface area contributed by atoms with Crippen LogP contribution >= 0.6 is 0 Å². The number of nitriles is 1. The average Bonchev–Trinajstić information content (AvgIpc) is 2.51. The van der Waals surface area contributed by atoms with Crippen molar-refractivity contribution >= 4 is 11.9 Å².